The molecule has 0 aromatic carbocycles. The van der Waals surface area contributed by atoms with Crippen LogP contribution in [0.3, 0.4) is 0 Å². The summed E-state index contributed by atoms with van der Waals surface area (Å²) in [5.74, 6) is -0.238. The molecule has 0 N–H and O–H groups in total. The molecule has 1 aromatic rings. The van der Waals surface area contributed by atoms with Crippen LogP contribution in [0.25, 0.3) is 5.57 Å². The van der Waals surface area contributed by atoms with Crippen molar-refractivity contribution in [3.63, 3.8) is 0 Å². The van der Waals surface area contributed by atoms with E-state index < -0.39 is 0 Å². The number of allylic oxidation sites excluding steroid dienone is 2. The number of nitrogens with zero attached hydrogens (tertiary/aromatic N) is 1. The number of unbranched alkanes of at least 4 members (excludes halogenated alkanes) is 7. The van der Waals surface area contributed by atoms with Crippen LogP contribution in [0.1, 0.15) is 83.6 Å². The number of aromatic nitrogens is 1. The second kappa shape index (κ2) is 11.5. The van der Waals surface area contributed by atoms with Gasteiger partial charge in [0.05, 0.1) is 6.20 Å². The molecule has 0 saturated heterocycles. The number of rotatable bonds is 11. The molecular weight excluding hydrogens is 261 g/mol. The molecule has 0 fully saturated rings. The van der Waals surface area contributed by atoms with Crippen molar-refractivity contribution in [1.82, 2.24) is 4.98 Å². The third-order valence-corrected chi connectivity index (χ3v) is 3.82. The van der Waals surface area contributed by atoms with Crippen LogP contribution in [0.15, 0.2) is 24.5 Å². The van der Waals surface area contributed by atoms with E-state index in [1.807, 2.05) is 0 Å². The highest BCUT2D eigenvalue weighted by Gasteiger charge is 2.04. The van der Waals surface area contributed by atoms with Crippen molar-refractivity contribution in [2.24, 2.45) is 0 Å². The van der Waals surface area contributed by atoms with Crippen LogP contribution >= 0.6 is 0 Å². The summed E-state index contributed by atoms with van der Waals surface area (Å²) in [7, 11) is 0. The lowest BCUT2D eigenvalue weighted by atomic mass is 9.98. The highest BCUT2D eigenvalue weighted by atomic mass is 19.1. The minimum Gasteiger partial charge on any atom is -0.261 e. The van der Waals surface area contributed by atoms with Gasteiger partial charge in [0, 0.05) is 6.20 Å². The largest absolute Gasteiger partial charge is 0.261 e. The Hall–Kier alpha value is -1.18. The van der Waals surface area contributed by atoms with Crippen LogP contribution < -0.4 is 0 Å². The maximum Gasteiger partial charge on any atom is 0.142 e. The van der Waals surface area contributed by atoms with Gasteiger partial charge in [-0.2, -0.15) is 0 Å². The molecule has 0 amide bonds. The molecule has 0 saturated carbocycles. The average molecular weight is 291 g/mol. The Morgan fingerprint density at radius 1 is 1.00 bits per heavy atom. The summed E-state index contributed by atoms with van der Waals surface area (Å²) in [6.45, 7) is 4.45. The maximum absolute atomic E-state index is 13.4. The van der Waals surface area contributed by atoms with E-state index in [9.17, 15) is 4.39 Å². The molecule has 0 spiro atoms. The fourth-order valence-corrected chi connectivity index (χ4v) is 2.54. The van der Waals surface area contributed by atoms with Crippen molar-refractivity contribution in [2.75, 3.05) is 0 Å². The van der Waals surface area contributed by atoms with Crippen LogP contribution in [0.4, 0.5) is 4.39 Å². The van der Waals surface area contributed by atoms with Gasteiger partial charge in [0.25, 0.3) is 0 Å². The van der Waals surface area contributed by atoms with Crippen molar-refractivity contribution < 1.29 is 4.39 Å². The van der Waals surface area contributed by atoms with Crippen LogP contribution in [-0.4, -0.2) is 4.98 Å². The predicted molar refractivity (Wildman–Crippen MR) is 89.7 cm³/mol. The molecule has 0 aliphatic heterocycles. The van der Waals surface area contributed by atoms with Crippen LogP contribution in [0.5, 0.6) is 0 Å². The van der Waals surface area contributed by atoms with Crippen LogP contribution in [0.2, 0.25) is 0 Å². The van der Waals surface area contributed by atoms with Crippen molar-refractivity contribution >= 4 is 5.57 Å². The summed E-state index contributed by atoms with van der Waals surface area (Å²) in [6, 6.07) is 1.62. The number of pyridine rings is 1. The smallest absolute Gasteiger partial charge is 0.142 e. The highest BCUT2D eigenvalue weighted by molar-refractivity contribution is 5.64. The van der Waals surface area contributed by atoms with Gasteiger partial charge in [0.1, 0.15) is 5.82 Å². The number of hydrogen-bond acceptors (Lipinski definition) is 1. The Bertz CT molecular complexity index is 412. The molecule has 0 bridgehead atoms. The summed E-state index contributed by atoms with van der Waals surface area (Å²) >= 11 is 0. The van der Waals surface area contributed by atoms with Gasteiger partial charge < -0.3 is 0 Å². The Morgan fingerprint density at radius 2 is 1.71 bits per heavy atom. The summed E-state index contributed by atoms with van der Waals surface area (Å²) < 4.78 is 13.4. The third kappa shape index (κ3) is 7.99. The average Bonchev–Trinajstić information content (AvgIpc) is 2.49. The quantitative estimate of drug-likeness (QED) is 0.421. The second-order valence-electron chi connectivity index (χ2n) is 5.78. The number of hydrogen-bond donors (Lipinski definition) is 0. The van der Waals surface area contributed by atoms with Crippen LogP contribution in [-0.2, 0) is 0 Å². The lowest BCUT2D eigenvalue weighted by molar-refractivity contribution is 0.620. The summed E-state index contributed by atoms with van der Waals surface area (Å²) in [5.41, 5.74) is 2.23. The Kier molecular flexibility index (Phi) is 9.77. The van der Waals surface area contributed by atoms with E-state index in [4.69, 9.17) is 0 Å². The first kappa shape index (κ1) is 17.9. The predicted octanol–water partition coefficient (Wildman–Crippen LogP) is 6.54. The zero-order valence-electron chi connectivity index (χ0n) is 13.7. The van der Waals surface area contributed by atoms with Gasteiger partial charge in [-0.15, -0.1) is 0 Å². The van der Waals surface area contributed by atoms with Gasteiger partial charge >= 0.3 is 0 Å². The second-order valence-corrected chi connectivity index (χ2v) is 5.78. The van der Waals surface area contributed by atoms with E-state index in [1.165, 1.54) is 63.1 Å². The zero-order chi connectivity index (χ0) is 15.3. The molecule has 0 unspecified atom stereocenters. The SMILES string of the molecule is CCCCCC/C=C(\CCCCCC)c1cncc(F)c1. The minimum atomic E-state index is -0.238. The van der Waals surface area contributed by atoms with Crippen molar-refractivity contribution in [3.05, 3.63) is 35.9 Å². The standard InChI is InChI=1S/C19H30FN/c1-3-5-7-9-11-13-17(12-10-8-6-4-2)18-14-19(20)16-21-15-18/h13-16H,3-12H2,1-2H3/b17-13+. The van der Waals surface area contributed by atoms with Crippen LogP contribution in [0, 0.1) is 5.82 Å². The molecule has 0 atom stereocenters. The minimum absolute atomic E-state index is 0.238. The third-order valence-electron chi connectivity index (χ3n) is 3.82. The molecule has 0 radical (unpaired) electrons. The van der Waals surface area contributed by atoms with E-state index in [2.05, 4.69) is 24.9 Å². The molecule has 1 rings (SSSR count). The molecule has 21 heavy (non-hydrogen) atoms. The summed E-state index contributed by atoms with van der Waals surface area (Å²) in [5, 5.41) is 0. The van der Waals surface area contributed by atoms with Gasteiger partial charge in [-0.25, -0.2) is 4.39 Å². The first-order valence-electron chi connectivity index (χ1n) is 8.57. The Labute approximate surface area is 129 Å². The monoisotopic (exact) mass is 291 g/mol. The maximum atomic E-state index is 13.4. The fourth-order valence-electron chi connectivity index (χ4n) is 2.54. The van der Waals surface area contributed by atoms with E-state index in [-0.39, 0.29) is 5.82 Å². The first-order chi connectivity index (χ1) is 10.3. The van der Waals surface area contributed by atoms with Gasteiger partial charge in [0.15, 0.2) is 0 Å². The van der Waals surface area contributed by atoms with Crippen molar-refractivity contribution in [1.29, 1.82) is 0 Å². The van der Waals surface area contributed by atoms with E-state index >= 15 is 0 Å². The van der Waals surface area contributed by atoms with E-state index in [1.54, 1.807) is 12.3 Å². The Balaban J connectivity index is 2.58. The first-order valence-corrected chi connectivity index (χ1v) is 8.57. The molecule has 1 heterocycles. The molecule has 0 aliphatic rings. The fraction of sp³-hybridized carbons (Fsp3) is 0.632. The molecule has 1 nitrogen and oxygen atoms in total. The Morgan fingerprint density at radius 3 is 2.38 bits per heavy atom. The van der Waals surface area contributed by atoms with Gasteiger partial charge in [-0.3, -0.25) is 4.98 Å². The van der Waals surface area contributed by atoms with Gasteiger partial charge in [0.2, 0.25) is 0 Å². The lowest BCUT2D eigenvalue weighted by Crippen LogP contribution is -1.90. The highest BCUT2D eigenvalue weighted by Crippen LogP contribution is 2.23. The van der Waals surface area contributed by atoms with Gasteiger partial charge in [-0.05, 0) is 42.9 Å². The zero-order valence-corrected chi connectivity index (χ0v) is 13.7. The van der Waals surface area contributed by atoms with Crippen molar-refractivity contribution in [2.45, 2.75) is 78.1 Å². The molecule has 1 aromatic heterocycles. The van der Waals surface area contributed by atoms with Crippen molar-refractivity contribution in [3.8, 4) is 0 Å². The van der Waals surface area contributed by atoms with E-state index in [0.29, 0.717) is 0 Å². The molecule has 2 heteroatoms. The lowest BCUT2D eigenvalue weighted by Gasteiger charge is -2.08. The molecule has 0 aliphatic carbocycles. The topological polar surface area (TPSA) is 12.9 Å². The van der Waals surface area contributed by atoms with E-state index in [0.717, 1.165) is 18.4 Å². The number of halogens is 1. The molecule has 118 valence electrons. The summed E-state index contributed by atoms with van der Waals surface area (Å²) in [6.07, 6.45) is 17.6. The summed E-state index contributed by atoms with van der Waals surface area (Å²) in [4.78, 5) is 3.99. The normalized spacial score (nSPS) is 11.9. The van der Waals surface area contributed by atoms with Gasteiger partial charge in [-0.1, -0.05) is 58.4 Å². The molecular formula is C19H30FN.